The number of ether oxygens (including phenoxy) is 3. The molecule has 0 aliphatic carbocycles. The van der Waals surface area contributed by atoms with Gasteiger partial charge in [0, 0.05) is 32.0 Å². The number of aromatic nitrogens is 2. The number of anilines is 1. The fourth-order valence-electron chi connectivity index (χ4n) is 3.41. The van der Waals surface area contributed by atoms with E-state index < -0.39 is 0 Å². The Balaban J connectivity index is 1.56. The summed E-state index contributed by atoms with van der Waals surface area (Å²) in [6, 6.07) is 5.20. The summed E-state index contributed by atoms with van der Waals surface area (Å²) in [7, 11) is 1.57. The Hall–Kier alpha value is -3.07. The van der Waals surface area contributed by atoms with Gasteiger partial charge in [0.1, 0.15) is 0 Å². The van der Waals surface area contributed by atoms with Crippen LogP contribution in [0.15, 0.2) is 18.2 Å². The van der Waals surface area contributed by atoms with Crippen molar-refractivity contribution in [3.8, 4) is 11.5 Å². The van der Waals surface area contributed by atoms with Gasteiger partial charge in [-0.3, -0.25) is 9.59 Å². The molecule has 2 aromatic rings. The van der Waals surface area contributed by atoms with Gasteiger partial charge in [-0.05, 0) is 31.4 Å². The fraction of sp³-hybridized carbons (Fsp3) is 0.421. The largest absolute Gasteiger partial charge is 0.454 e. The first kappa shape index (κ1) is 18.3. The molecule has 0 radical (unpaired) electrons. The zero-order valence-corrected chi connectivity index (χ0v) is 15.6. The molecule has 0 saturated heterocycles. The lowest BCUT2D eigenvalue weighted by atomic mass is 10.1. The van der Waals surface area contributed by atoms with Crippen molar-refractivity contribution in [2.24, 2.45) is 0 Å². The van der Waals surface area contributed by atoms with E-state index in [0.717, 1.165) is 18.5 Å². The first-order chi connectivity index (χ1) is 13.7. The van der Waals surface area contributed by atoms with E-state index in [1.54, 1.807) is 25.3 Å². The Morgan fingerprint density at radius 2 is 2.07 bits per heavy atom. The average Bonchev–Trinajstić information content (AvgIpc) is 3.32. The molecule has 0 atom stereocenters. The number of hydrogen-bond acceptors (Lipinski definition) is 6. The predicted molar refractivity (Wildman–Crippen MR) is 99.9 cm³/mol. The maximum Gasteiger partial charge on any atom is 0.287 e. The van der Waals surface area contributed by atoms with Gasteiger partial charge in [0.15, 0.2) is 23.0 Å². The smallest absolute Gasteiger partial charge is 0.287 e. The molecular weight excluding hydrogens is 364 g/mol. The summed E-state index contributed by atoms with van der Waals surface area (Å²) in [6.45, 7) is 1.64. The van der Waals surface area contributed by atoms with Gasteiger partial charge in [-0.1, -0.05) is 0 Å². The number of methoxy groups -OCH3 is 1. The van der Waals surface area contributed by atoms with Crippen molar-refractivity contribution in [1.82, 2.24) is 14.9 Å². The third-order valence-electron chi connectivity index (χ3n) is 4.76. The van der Waals surface area contributed by atoms with Gasteiger partial charge in [0.25, 0.3) is 11.8 Å². The molecule has 2 amide bonds. The highest BCUT2D eigenvalue weighted by Crippen LogP contribution is 2.34. The third-order valence-corrected chi connectivity index (χ3v) is 4.76. The van der Waals surface area contributed by atoms with Crippen LogP contribution in [0.1, 0.15) is 39.6 Å². The molecule has 0 saturated carbocycles. The van der Waals surface area contributed by atoms with Gasteiger partial charge in [0.05, 0.1) is 12.3 Å². The van der Waals surface area contributed by atoms with Crippen molar-refractivity contribution in [1.29, 1.82) is 0 Å². The van der Waals surface area contributed by atoms with Crippen molar-refractivity contribution in [2.45, 2.75) is 25.8 Å². The van der Waals surface area contributed by atoms with Crippen molar-refractivity contribution < 1.29 is 23.8 Å². The highest BCUT2D eigenvalue weighted by atomic mass is 16.7. The molecule has 0 spiro atoms. The molecule has 1 aromatic carbocycles. The van der Waals surface area contributed by atoms with Crippen LogP contribution in [0, 0.1) is 0 Å². The molecule has 9 heteroatoms. The van der Waals surface area contributed by atoms with Crippen LogP contribution in [0.5, 0.6) is 11.5 Å². The molecule has 2 N–H and O–H groups in total. The van der Waals surface area contributed by atoms with Gasteiger partial charge in [0.2, 0.25) is 6.79 Å². The van der Waals surface area contributed by atoms with Crippen molar-refractivity contribution in [2.75, 3.05) is 32.4 Å². The lowest BCUT2D eigenvalue weighted by Crippen LogP contribution is -2.30. The van der Waals surface area contributed by atoms with Crippen molar-refractivity contribution in [3.05, 3.63) is 35.4 Å². The number of nitrogens with zero attached hydrogens (tertiary/aromatic N) is 2. The topological polar surface area (TPSA) is 104 Å². The summed E-state index contributed by atoms with van der Waals surface area (Å²) < 4.78 is 17.4. The monoisotopic (exact) mass is 386 g/mol. The van der Waals surface area contributed by atoms with Crippen molar-refractivity contribution >= 4 is 17.5 Å². The molecule has 0 fully saturated rings. The van der Waals surface area contributed by atoms with Crippen LogP contribution in [0.3, 0.4) is 0 Å². The third kappa shape index (κ3) is 3.53. The molecule has 28 heavy (non-hydrogen) atoms. The Labute approximate surface area is 162 Å². The second-order valence-electron chi connectivity index (χ2n) is 6.61. The van der Waals surface area contributed by atoms with Crippen LogP contribution in [0.2, 0.25) is 0 Å². The van der Waals surface area contributed by atoms with Gasteiger partial charge in [-0.15, -0.1) is 0 Å². The molecule has 9 nitrogen and oxygen atoms in total. The number of imidazole rings is 1. The Morgan fingerprint density at radius 3 is 2.93 bits per heavy atom. The molecule has 4 rings (SSSR count). The summed E-state index contributed by atoms with van der Waals surface area (Å²) in [5.74, 6) is 0.847. The molecule has 1 aromatic heterocycles. The van der Waals surface area contributed by atoms with Gasteiger partial charge in [-0.2, -0.15) is 0 Å². The Morgan fingerprint density at radius 1 is 1.21 bits per heavy atom. The van der Waals surface area contributed by atoms with E-state index in [9.17, 15) is 9.59 Å². The van der Waals surface area contributed by atoms with E-state index in [-0.39, 0.29) is 30.1 Å². The maximum absolute atomic E-state index is 12.9. The number of rotatable bonds is 6. The summed E-state index contributed by atoms with van der Waals surface area (Å²) >= 11 is 0. The van der Waals surface area contributed by atoms with Crippen LogP contribution in [0.4, 0.5) is 5.69 Å². The second kappa shape index (κ2) is 7.89. The number of amides is 2. The van der Waals surface area contributed by atoms with E-state index in [4.69, 9.17) is 14.2 Å². The number of carbonyl (C=O) groups excluding carboxylic acids is 2. The number of benzene rings is 1. The van der Waals surface area contributed by atoms with Gasteiger partial charge >= 0.3 is 0 Å². The van der Waals surface area contributed by atoms with E-state index >= 15 is 0 Å². The highest BCUT2D eigenvalue weighted by molar-refractivity contribution is 6.05. The fourth-order valence-corrected chi connectivity index (χ4v) is 3.41. The van der Waals surface area contributed by atoms with Crippen LogP contribution in [-0.4, -0.2) is 48.4 Å². The minimum absolute atomic E-state index is 0.169. The zero-order chi connectivity index (χ0) is 19.5. The van der Waals surface area contributed by atoms with Gasteiger partial charge < -0.3 is 29.4 Å². The van der Waals surface area contributed by atoms with Crippen LogP contribution < -0.4 is 20.1 Å². The Kier molecular flexibility index (Phi) is 5.16. The average molecular weight is 386 g/mol. The number of carbonyl (C=O) groups is 2. The molecular formula is C19H22N4O5. The summed E-state index contributed by atoms with van der Waals surface area (Å²) in [5, 5.41) is 5.61. The quantitative estimate of drug-likeness (QED) is 0.731. The van der Waals surface area contributed by atoms with E-state index in [0.29, 0.717) is 43.3 Å². The molecule has 148 valence electrons. The lowest BCUT2D eigenvalue weighted by Gasteiger charge is -2.17. The van der Waals surface area contributed by atoms with E-state index in [1.165, 1.54) is 0 Å². The summed E-state index contributed by atoms with van der Waals surface area (Å²) in [6.07, 6.45) is 2.62. The van der Waals surface area contributed by atoms with E-state index in [1.807, 2.05) is 4.57 Å². The molecule has 3 heterocycles. The first-order valence-corrected chi connectivity index (χ1v) is 9.25. The minimum Gasteiger partial charge on any atom is -0.454 e. The first-order valence-electron chi connectivity index (χ1n) is 9.25. The summed E-state index contributed by atoms with van der Waals surface area (Å²) in [5.41, 5.74) is 1.66. The lowest BCUT2D eigenvalue weighted by molar-refractivity contribution is 0.0921. The molecule has 2 aliphatic rings. The number of hydrogen-bond donors (Lipinski definition) is 2. The van der Waals surface area contributed by atoms with Crippen LogP contribution in [-0.2, 0) is 17.7 Å². The van der Waals surface area contributed by atoms with Crippen LogP contribution in [0.25, 0.3) is 0 Å². The standard InChI is InChI=1S/C19H22N4O5/c1-26-9-7-20-19(25)17-22-16(13-4-2-3-8-23(13)17)18(24)21-12-5-6-14-15(10-12)28-11-27-14/h5-6,10H,2-4,7-9,11H2,1H3,(H,20,25)(H,21,24). The van der Waals surface area contributed by atoms with E-state index in [2.05, 4.69) is 15.6 Å². The predicted octanol–water partition coefficient (Wildman–Crippen LogP) is 1.58. The summed E-state index contributed by atoms with van der Waals surface area (Å²) in [4.78, 5) is 29.8. The number of nitrogens with one attached hydrogen (secondary N) is 2. The molecule has 2 aliphatic heterocycles. The normalized spacial score (nSPS) is 14.5. The maximum atomic E-state index is 12.9. The van der Waals surface area contributed by atoms with Crippen LogP contribution >= 0.6 is 0 Å². The highest BCUT2D eigenvalue weighted by Gasteiger charge is 2.27. The molecule has 0 bridgehead atoms. The molecule has 0 unspecified atom stereocenters. The SMILES string of the molecule is COCCNC(=O)c1nc(C(=O)Nc2ccc3c(c2)OCO3)c2n1CCCC2. The minimum atomic E-state index is -0.347. The number of fused-ring (bicyclic) bond motifs is 2. The second-order valence-corrected chi connectivity index (χ2v) is 6.61. The van der Waals surface area contributed by atoms with Gasteiger partial charge in [-0.25, -0.2) is 4.98 Å². The Bertz CT molecular complexity index is 908. The zero-order valence-electron chi connectivity index (χ0n) is 15.6. The van der Waals surface area contributed by atoms with Crippen molar-refractivity contribution in [3.63, 3.8) is 0 Å².